The van der Waals surface area contributed by atoms with Gasteiger partial charge in [0.25, 0.3) is 0 Å². The van der Waals surface area contributed by atoms with Gasteiger partial charge in [0.15, 0.2) is 0 Å². The second-order valence-electron chi connectivity index (χ2n) is 3.34. The van der Waals surface area contributed by atoms with Crippen LogP contribution < -0.4 is 10.6 Å². The first-order chi connectivity index (χ1) is 5.93. The Labute approximate surface area is 74.9 Å². The van der Waals surface area contributed by atoms with Gasteiger partial charge in [-0.25, -0.2) is 0 Å². The molecule has 0 aromatic heterocycles. The largest absolute Gasteiger partial charge is 0.383 e. The van der Waals surface area contributed by atoms with Crippen molar-refractivity contribution in [3.8, 4) is 0 Å². The third kappa shape index (κ3) is 4.04. The van der Waals surface area contributed by atoms with Gasteiger partial charge in [-0.15, -0.1) is 0 Å². The Hall–Kier alpha value is -0.120. The summed E-state index contributed by atoms with van der Waals surface area (Å²) < 4.78 is 4.98. The van der Waals surface area contributed by atoms with Crippen molar-refractivity contribution in [2.75, 3.05) is 33.4 Å². The molecular weight excluding hydrogens is 152 g/mol. The first-order valence-electron chi connectivity index (χ1n) is 4.86. The quantitative estimate of drug-likeness (QED) is 0.601. The maximum absolute atomic E-state index is 4.98. The smallest absolute Gasteiger partial charge is 0.0587 e. The summed E-state index contributed by atoms with van der Waals surface area (Å²) in [4.78, 5) is 0. The summed E-state index contributed by atoms with van der Waals surface area (Å²) in [5, 5.41) is 6.90. The van der Waals surface area contributed by atoms with Crippen LogP contribution in [0.5, 0.6) is 0 Å². The molecule has 3 heteroatoms. The van der Waals surface area contributed by atoms with Gasteiger partial charge >= 0.3 is 0 Å². The van der Waals surface area contributed by atoms with E-state index >= 15 is 0 Å². The Balaban J connectivity index is 2.04. The van der Waals surface area contributed by atoms with Crippen molar-refractivity contribution in [1.29, 1.82) is 0 Å². The SMILES string of the molecule is COCCNC1CCCCNC1. The molecule has 2 N–H and O–H groups in total. The van der Waals surface area contributed by atoms with E-state index in [1.165, 1.54) is 25.8 Å². The van der Waals surface area contributed by atoms with Crippen LogP contribution in [0.2, 0.25) is 0 Å². The van der Waals surface area contributed by atoms with Crippen LogP contribution >= 0.6 is 0 Å². The Bertz CT molecular complexity index is 101. The van der Waals surface area contributed by atoms with Gasteiger partial charge in [0.1, 0.15) is 0 Å². The summed E-state index contributed by atoms with van der Waals surface area (Å²) >= 11 is 0. The van der Waals surface area contributed by atoms with Gasteiger partial charge in [0.05, 0.1) is 6.61 Å². The minimum absolute atomic E-state index is 0.655. The third-order valence-corrected chi connectivity index (χ3v) is 2.29. The van der Waals surface area contributed by atoms with Crippen molar-refractivity contribution in [2.45, 2.75) is 25.3 Å². The molecule has 0 aromatic carbocycles. The molecule has 1 atom stereocenters. The summed E-state index contributed by atoms with van der Waals surface area (Å²) in [5.41, 5.74) is 0. The monoisotopic (exact) mass is 172 g/mol. The normalized spacial score (nSPS) is 25.2. The Kier molecular flexibility index (Phi) is 5.32. The zero-order valence-corrected chi connectivity index (χ0v) is 7.94. The van der Waals surface area contributed by atoms with E-state index in [1.807, 2.05) is 0 Å². The van der Waals surface area contributed by atoms with E-state index < -0.39 is 0 Å². The first kappa shape index (κ1) is 9.96. The molecule has 1 heterocycles. The summed E-state index contributed by atoms with van der Waals surface area (Å²) in [7, 11) is 1.74. The maximum atomic E-state index is 4.98. The minimum Gasteiger partial charge on any atom is -0.383 e. The number of rotatable bonds is 4. The minimum atomic E-state index is 0.655. The summed E-state index contributed by atoms with van der Waals surface area (Å²) in [6.07, 6.45) is 3.97. The molecule has 1 fully saturated rings. The van der Waals surface area contributed by atoms with Gasteiger partial charge in [-0.05, 0) is 19.4 Å². The number of methoxy groups -OCH3 is 1. The van der Waals surface area contributed by atoms with E-state index in [0.717, 1.165) is 19.7 Å². The topological polar surface area (TPSA) is 33.3 Å². The van der Waals surface area contributed by atoms with E-state index in [0.29, 0.717) is 6.04 Å². The highest BCUT2D eigenvalue weighted by Gasteiger charge is 2.09. The Morgan fingerprint density at radius 1 is 1.50 bits per heavy atom. The molecule has 0 spiro atoms. The molecule has 0 amide bonds. The highest BCUT2D eigenvalue weighted by molar-refractivity contribution is 4.72. The van der Waals surface area contributed by atoms with Crippen molar-refractivity contribution in [3.05, 3.63) is 0 Å². The number of ether oxygens (including phenoxy) is 1. The zero-order valence-electron chi connectivity index (χ0n) is 7.94. The van der Waals surface area contributed by atoms with E-state index in [4.69, 9.17) is 4.74 Å². The average Bonchev–Trinajstić information content (AvgIpc) is 2.33. The summed E-state index contributed by atoms with van der Waals surface area (Å²) in [5.74, 6) is 0. The fourth-order valence-electron chi connectivity index (χ4n) is 1.56. The number of hydrogen-bond acceptors (Lipinski definition) is 3. The van der Waals surface area contributed by atoms with Crippen molar-refractivity contribution in [2.24, 2.45) is 0 Å². The molecule has 1 aliphatic heterocycles. The maximum Gasteiger partial charge on any atom is 0.0587 e. The molecule has 1 aliphatic rings. The summed E-state index contributed by atoms with van der Waals surface area (Å²) in [6, 6.07) is 0.655. The van der Waals surface area contributed by atoms with Crippen LogP contribution in [0.15, 0.2) is 0 Å². The number of hydrogen-bond donors (Lipinski definition) is 2. The van der Waals surface area contributed by atoms with Gasteiger partial charge in [-0.3, -0.25) is 0 Å². The molecule has 3 nitrogen and oxygen atoms in total. The molecule has 12 heavy (non-hydrogen) atoms. The first-order valence-corrected chi connectivity index (χ1v) is 4.86. The van der Waals surface area contributed by atoms with Crippen LogP contribution in [-0.2, 0) is 4.74 Å². The van der Waals surface area contributed by atoms with Gasteiger partial charge in [-0.1, -0.05) is 6.42 Å². The van der Waals surface area contributed by atoms with Crippen molar-refractivity contribution < 1.29 is 4.74 Å². The molecular formula is C9H20N2O. The number of nitrogens with one attached hydrogen (secondary N) is 2. The Morgan fingerprint density at radius 3 is 3.25 bits per heavy atom. The van der Waals surface area contributed by atoms with Crippen molar-refractivity contribution in [1.82, 2.24) is 10.6 Å². The lowest BCUT2D eigenvalue weighted by Crippen LogP contribution is -2.38. The van der Waals surface area contributed by atoms with Gasteiger partial charge in [-0.2, -0.15) is 0 Å². The van der Waals surface area contributed by atoms with E-state index in [1.54, 1.807) is 7.11 Å². The lowest BCUT2D eigenvalue weighted by Gasteiger charge is -2.15. The predicted molar refractivity (Wildman–Crippen MR) is 50.4 cm³/mol. The average molecular weight is 172 g/mol. The lowest BCUT2D eigenvalue weighted by molar-refractivity contribution is 0.195. The van der Waals surface area contributed by atoms with Crippen molar-refractivity contribution in [3.63, 3.8) is 0 Å². The van der Waals surface area contributed by atoms with Gasteiger partial charge in [0.2, 0.25) is 0 Å². The van der Waals surface area contributed by atoms with Crippen LogP contribution in [0.1, 0.15) is 19.3 Å². The van der Waals surface area contributed by atoms with Crippen LogP contribution in [0, 0.1) is 0 Å². The van der Waals surface area contributed by atoms with E-state index in [-0.39, 0.29) is 0 Å². The fourth-order valence-corrected chi connectivity index (χ4v) is 1.56. The van der Waals surface area contributed by atoms with Gasteiger partial charge in [0, 0.05) is 26.2 Å². The molecule has 0 radical (unpaired) electrons. The van der Waals surface area contributed by atoms with E-state index in [2.05, 4.69) is 10.6 Å². The predicted octanol–water partition coefficient (Wildman–Crippen LogP) is 0.364. The molecule has 0 aromatic rings. The standard InChI is InChI=1S/C9H20N2O/c1-12-7-6-11-9-4-2-3-5-10-8-9/h9-11H,2-8H2,1H3. The molecule has 0 bridgehead atoms. The van der Waals surface area contributed by atoms with Gasteiger partial charge < -0.3 is 15.4 Å². The molecule has 1 saturated heterocycles. The summed E-state index contributed by atoms with van der Waals surface area (Å²) in [6.45, 7) is 4.09. The second-order valence-corrected chi connectivity index (χ2v) is 3.34. The van der Waals surface area contributed by atoms with Crippen LogP contribution in [-0.4, -0.2) is 39.4 Å². The third-order valence-electron chi connectivity index (χ3n) is 2.29. The Morgan fingerprint density at radius 2 is 2.42 bits per heavy atom. The highest BCUT2D eigenvalue weighted by atomic mass is 16.5. The molecule has 72 valence electrons. The lowest BCUT2D eigenvalue weighted by atomic mass is 10.1. The highest BCUT2D eigenvalue weighted by Crippen LogP contribution is 2.03. The van der Waals surface area contributed by atoms with Crippen LogP contribution in [0.25, 0.3) is 0 Å². The second kappa shape index (κ2) is 6.40. The molecule has 0 aliphatic carbocycles. The molecule has 1 unspecified atom stereocenters. The van der Waals surface area contributed by atoms with E-state index in [9.17, 15) is 0 Å². The van der Waals surface area contributed by atoms with Crippen LogP contribution in [0.4, 0.5) is 0 Å². The zero-order chi connectivity index (χ0) is 8.65. The van der Waals surface area contributed by atoms with Crippen LogP contribution in [0.3, 0.4) is 0 Å². The fraction of sp³-hybridized carbons (Fsp3) is 1.00. The molecule has 1 rings (SSSR count). The molecule has 0 saturated carbocycles. The van der Waals surface area contributed by atoms with Crippen molar-refractivity contribution >= 4 is 0 Å².